The Morgan fingerprint density at radius 3 is 2.61 bits per heavy atom. The molecule has 0 amide bonds. The molecular weight excluding hydrogens is 240 g/mol. The second-order valence-corrected chi connectivity index (χ2v) is 6.00. The summed E-state index contributed by atoms with van der Waals surface area (Å²) in [6.45, 7) is 6.32. The van der Waals surface area contributed by atoms with Crippen LogP contribution in [0.25, 0.3) is 0 Å². The molecule has 0 fully saturated rings. The van der Waals surface area contributed by atoms with E-state index in [-0.39, 0.29) is 6.04 Å². The largest absolute Gasteiger partial charge is 0.322 e. The summed E-state index contributed by atoms with van der Waals surface area (Å²) in [6.07, 6.45) is 3.87. The molecule has 2 nitrogen and oxygen atoms in total. The van der Waals surface area contributed by atoms with Gasteiger partial charge in [0.25, 0.3) is 0 Å². The molecule has 2 heterocycles. The average molecular weight is 260 g/mol. The molecule has 0 aliphatic carbocycles. The molecule has 3 heteroatoms. The average Bonchev–Trinajstić information content (AvgIpc) is 2.76. The van der Waals surface area contributed by atoms with Crippen LogP contribution in [-0.4, -0.2) is 4.98 Å². The van der Waals surface area contributed by atoms with Crippen molar-refractivity contribution in [2.75, 3.05) is 0 Å². The molecule has 2 N–H and O–H groups in total. The standard InChI is InChI=1S/C15H20N2S/c1-4-12-5-6-13(18-12)8-14(16)15-11(3)7-10(2)9-17-15/h5-7,9,14H,4,8,16H2,1-3H3. The van der Waals surface area contributed by atoms with Gasteiger partial charge in [-0.15, -0.1) is 11.3 Å². The van der Waals surface area contributed by atoms with Crippen LogP contribution < -0.4 is 5.73 Å². The zero-order valence-corrected chi connectivity index (χ0v) is 12.1. The lowest BCUT2D eigenvalue weighted by Crippen LogP contribution is -2.16. The van der Waals surface area contributed by atoms with Crippen molar-refractivity contribution in [2.45, 2.75) is 39.7 Å². The van der Waals surface area contributed by atoms with Crippen LogP contribution in [0.4, 0.5) is 0 Å². The van der Waals surface area contributed by atoms with Gasteiger partial charge in [-0.3, -0.25) is 4.98 Å². The van der Waals surface area contributed by atoms with Gasteiger partial charge in [-0.05, 0) is 43.5 Å². The second kappa shape index (κ2) is 5.63. The van der Waals surface area contributed by atoms with Crippen LogP contribution in [0.1, 0.15) is 39.5 Å². The number of aryl methyl sites for hydroxylation is 3. The first-order valence-corrected chi connectivity index (χ1v) is 7.18. The van der Waals surface area contributed by atoms with E-state index in [0.717, 1.165) is 18.5 Å². The number of aromatic nitrogens is 1. The summed E-state index contributed by atoms with van der Waals surface area (Å²) >= 11 is 1.86. The third-order valence-electron chi connectivity index (χ3n) is 3.09. The molecule has 0 saturated carbocycles. The first kappa shape index (κ1) is 13.2. The van der Waals surface area contributed by atoms with Gasteiger partial charge in [-0.1, -0.05) is 13.0 Å². The fourth-order valence-electron chi connectivity index (χ4n) is 2.15. The Morgan fingerprint density at radius 1 is 1.28 bits per heavy atom. The Labute approximate surface area is 113 Å². The predicted molar refractivity (Wildman–Crippen MR) is 78.0 cm³/mol. The van der Waals surface area contributed by atoms with E-state index in [1.54, 1.807) is 0 Å². The Kier molecular flexibility index (Phi) is 4.15. The smallest absolute Gasteiger partial charge is 0.0603 e. The molecule has 2 rings (SSSR count). The van der Waals surface area contributed by atoms with E-state index in [4.69, 9.17) is 5.73 Å². The minimum Gasteiger partial charge on any atom is -0.322 e. The normalized spacial score (nSPS) is 12.7. The fraction of sp³-hybridized carbons (Fsp3) is 0.400. The van der Waals surface area contributed by atoms with Crippen LogP contribution in [0.2, 0.25) is 0 Å². The Morgan fingerprint density at radius 2 is 2.00 bits per heavy atom. The number of nitrogens with two attached hydrogens (primary N) is 1. The van der Waals surface area contributed by atoms with E-state index in [2.05, 4.69) is 44.0 Å². The first-order chi connectivity index (χ1) is 8.60. The molecule has 96 valence electrons. The highest BCUT2D eigenvalue weighted by atomic mass is 32.1. The quantitative estimate of drug-likeness (QED) is 0.913. The van der Waals surface area contributed by atoms with Gasteiger partial charge in [-0.25, -0.2) is 0 Å². The number of nitrogens with zero attached hydrogens (tertiary/aromatic N) is 1. The molecule has 2 aromatic heterocycles. The van der Waals surface area contributed by atoms with Gasteiger partial charge < -0.3 is 5.73 Å². The minimum atomic E-state index is -0.00560. The van der Waals surface area contributed by atoms with Gasteiger partial charge >= 0.3 is 0 Å². The van der Waals surface area contributed by atoms with Crippen molar-refractivity contribution in [1.29, 1.82) is 0 Å². The Bertz CT molecular complexity index is 531. The Hall–Kier alpha value is -1.19. The topological polar surface area (TPSA) is 38.9 Å². The molecule has 18 heavy (non-hydrogen) atoms. The SMILES string of the molecule is CCc1ccc(CC(N)c2ncc(C)cc2C)s1. The van der Waals surface area contributed by atoms with Crippen molar-refractivity contribution in [2.24, 2.45) is 5.73 Å². The van der Waals surface area contributed by atoms with Crippen molar-refractivity contribution >= 4 is 11.3 Å². The van der Waals surface area contributed by atoms with E-state index in [1.807, 2.05) is 17.5 Å². The lowest BCUT2D eigenvalue weighted by Gasteiger charge is -2.13. The maximum absolute atomic E-state index is 6.27. The van der Waals surface area contributed by atoms with Gasteiger partial charge in [0.05, 0.1) is 11.7 Å². The van der Waals surface area contributed by atoms with Gasteiger partial charge in [0, 0.05) is 22.4 Å². The van der Waals surface area contributed by atoms with Crippen LogP contribution in [0.3, 0.4) is 0 Å². The molecule has 1 atom stereocenters. The third-order valence-corrected chi connectivity index (χ3v) is 4.35. The Balaban J connectivity index is 2.13. The van der Waals surface area contributed by atoms with Crippen LogP contribution >= 0.6 is 11.3 Å². The van der Waals surface area contributed by atoms with Crippen LogP contribution in [0.5, 0.6) is 0 Å². The van der Waals surface area contributed by atoms with Crippen molar-refractivity contribution in [3.05, 3.63) is 51.0 Å². The third kappa shape index (κ3) is 2.98. The van der Waals surface area contributed by atoms with Gasteiger partial charge in [0.1, 0.15) is 0 Å². The minimum absolute atomic E-state index is 0.00560. The number of thiophene rings is 1. The fourth-order valence-corrected chi connectivity index (χ4v) is 3.17. The molecular formula is C15H20N2S. The molecule has 0 aliphatic rings. The van der Waals surface area contributed by atoms with Crippen LogP contribution in [-0.2, 0) is 12.8 Å². The van der Waals surface area contributed by atoms with E-state index in [9.17, 15) is 0 Å². The zero-order chi connectivity index (χ0) is 13.1. The number of hydrogen-bond donors (Lipinski definition) is 1. The van der Waals surface area contributed by atoms with Crippen LogP contribution in [0, 0.1) is 13.8 Å². The molecule has 2 aromatic rings. The van der Waals surface area contributed by atoms with Crippen molar-refractivity contribution in [1.82, 2.24) is 4.98 Å². The molecule has 0 saturated heterocycles. The summed E-state index contributed by atoms with van der Waals surface area (Å²) < 4.78 is 0. The van der Waals surface area contributed by atoms with E-state index >= 15 is 0 Å². The van der Waals surface area contributed by atoms with E-state index in [1.165, 1.54) is 20.9 Å². The summed E-state index contributed by atoms with van der Waals surface area (Å²) in [6, 6.07) is 6.53. The number of hydrogen-bond acceptors (Lipinski definition) is 3. The summed E-state index contributed by atoms with van der Waals surface area (Å²) in [5.41, 5.74) is 9.67. The summed E-state index contributed by atoms with van der Waals surface area (Å²) in [5, 5.41) is 0. The molecule has 0 radical (unpaired) electrons. The maximum atomic E-state index is 6.27. The summed E-state index contributed by atoms with van der Waals surface area (Å²) in [7, 11) is 0. The predicted octanol–water partition coefficient (Wildman–Crippen LogP) is 3.56. The maximum Gasteiger partial charge on any atom is 0.0603 e. The van der Waals surface area contributed by atoms with Gasteiger partial charge in [-0.2, -0.15) is 0 Å². The second-order valence-electron chi connectivity index (χ2n) is 4.75. The lowest BCUT2D eigenvalue weighted by molar-refractivity contribution is 0.696. The first-order valence-electron chi connectivity index (χ1n) is 6.36. The lowest BCUT2D eigenvalue weighted by atomic mass is 10.0. The van der Waals surface area contributed by atoms with Crippen molar-refractivity contribution in [3.63, 3.8) is 0 Å². The molecule has 1 unspecified atom stereocenters. The number of pyridine rings is 1. The molecule has 0 spiro atoms. The number of rotatable bonds is 4. The zero-order valence-electron chi connectivity index (χ0n) is 11.2. The van der Waals surface area contributed by atoms with Crippen LogP contribution in [0.15, 0.2) is 24.4 Å². The molecule has 0 bridgehead atoms. The summed E-state index contributed by atoms with van der Waals surface area (Å²) in [5.74, 6) is 0. The molecule has 0 aromatic carbocycles. The monoisotopic (exact) mass is 260 g/mol. The molecule has 0 aliphatic heterocycles. The van der Waals surface area contributed by atoms with E-state index in [0.29, 0.717) is 0 Å². The van der Waals surface area contributed by atoms with Crippen molar-refractivity contribution < 1.29 is 0 Å². The summed E-state index contributed by atoms with van der Waals surface area (Å²) in [4.78, 5) is 7.25. The van der Waals surface area contributed by atoms with Gasteiger partial charge in [0.15, 0.2) is 0 Å². The van der Waals surface area contributed by atoms with E-state index < -0.39 is 0 Å². The highest BCUT2D eigenvalue weighted by Crippen LogP contribution is 2.23. The highest BCUT2D eigenvalue weighted by molar-refractivity contribution is 7.11. The van der Waals surface area contributed by atoms with Gasteiger partial charge in [0.2, 0.25) is 0 Å². The highest BCUT2D eigenvalue weighted by Gasteiger charge is 2.12. The van der Waals surface area contributed by atoms with Crippen molar-refractivity contribution in [3.8, 4) is 0 Å².